The lowest BCUT2D eigenvalue weighted by Gasteiger charge is -2.14. The summed E-state index contributed by atoms with van der Waals surface area (Å²) in [5.74, 6) is 2.07. The van der Waals surface area contributed by atoms with Crippen LogP contribution < -0.4 is 9.46 Å². The van der Waals surface area contributed by atoms with Gasteiger partial charge in [-0.3, -0.25) is 14.8 Å². The lowest BCUT2D eigenvalue weighted by molar-refractivity contribution is -0.385. The van der Waals surface area contributed by atoms with Crippen molar-refractivity contribution in [3.8, 4) is 5.75 Å². The zero-order chi connectivity index (χ0) is 18.7. The quantitative estimate of drug-likeness (QED) is 0.568. The number of benzene rings is 2. The summed E-state index contributed by atoms with van der Waals surface area (Å²) in [6.07, 6.45) is 0. The van der Waals surface area contributed by atoms with Crippen LogP contribution in [0.3, 0.4) is 0 Å². The molecular weight excluding hydrogens is 396 g/mol. The number of nitro groups is 1. The molecule has 1 heterocycles. The van der Waals surface area contributed by atoms with Crippen LogP contribution in [0, 0.1) is 10.1 Å². The van der Waals surface area contributed by atoms with E-state index in [0.717, 1.165) is 29.2 Å². The predicted molar refractivity (Wildman–Crippen MR) is 105 cm³/mol. The lowest BCUT2D eigenvalue weighted by atomic mass is 10.2. The molecule has 1 fully saturated rings. The summed E-state index contributed by atoms with van der Waals surface area (Å²) in [7, 11) is -2.68. The molecule has 0 aromatic heterocycles. The molecule has 1 saturated heterocycles. The predicted octanol–water partition coefficient (Wildman–Crippen LogP) is 3.88. The smallest absolute Gasteiger partial charge is 0.273 e. The molecule has 138 valence electrons. The normalized spacial score (nSPS) is 15.0. The maximum absolute atomic E-state index is 12.7. The molecule has 7 nitrogen and oxygen atoms in total. The minimum absolute atomic E-state index is 0.0789. The molecule has 0 unspecified atom stereocenters. The largest absolute Gasteiger partial charge is 0.495 e. The Bertz CT molecular complexity index is 927. The first kappa shape index (κ1) is 18.9. The highest BCUT2D eigenvalue weighted by Crippen LogP contribution is 2.45. The van der Waals surface area contributed by atoms with Crippen LogP contribution in [-0.4, -0.2) is 32.0 Å². The summed E-state index contributed by atoms with van der Waals surface area (Å²) in [5, 5.41) is 10.9. The van der Waals surface area contributed by atoms with Crippen molar-refractivity contribution in [3.05, 3.63) is 58.1 Å². The van der Waals surface area contributed by atoms with E-state index in [0.29, 0.717) is 10.3 Å². The molecular formula is C16H16N2O5S3. The second-order valence-electron chi connectivity index (χ2n) is 5.40. The van der Waals surface area contributed by atoms with E-state index in [2.05, 4.69) is 4.72 Å². The first-order valence-corrected chi connectivity index (χ1v) is 11.2. The van der Waals surface area contributed by atoms with Crippen molar-refractivity contribution in [1.82, 2.24) is 0 Å². The molecule has 10 heteroatoms. The number of rotatable bonds is 6. The van der Waals surface area contributed by atoms with E-state index in [4.69, 9.17) is 4.74 Å². The van der Waals surface area contributed by atoms with Gasteiger partial charge in [0.1, 0.15) is 10.6 Å². The molecule has 0 atom stereocenters. The SMILES string of the molecule is COc1cc([N+](=O)[O-])ccc1S(=O)(=O)Nc1cccc(C2SCCS2)c1. The van der Waals surface area contributed by atoms with E-state index < -0.39 is 14.9 Å². The Kier molecular flexibility index (Phi) is 5.64. The second kappa shape index (κ2) is 7.77. The molecule has 0 amide bonds. The Labute approximate surface area is 159 Å². The monoisotopic (exact) mass is 412 g/mol. The fourth-order valence-corrected chi connectivity index (χ4v) is 6.54. The van der Waals surface area contributed by atoms with Crippen molar-refractivity contribution in [1.29, 1.82) is 0 Å². The van der Waals surface area contributed by atoms with E-state index in [1.807, 2.05) is 35.7 Å². The molecule has 1 aliphatic heterocycles. The number of thioether (sulfide) groups is 2. The molecule has 26 heavy (non-hydrogen) atoms. The Morgan fingerprint density at radius 3 is 2.58 bits per heavy atom. The van der Waals surface area contributed by atoms with Gasteiger partial charge in [0.05, 0.1) is 22.7 Å². The van der Waals surface area contributed by atoms with Gasteiger partial charge < -0.3 is 4.74 Å². The van der Waals surface area contributed by atoms with Gasteiger partial charge in [0, 0.05) is 23.3 Å². The van der Waals surface area contributed by atoms with Gasteiger partial charge in [0.2, 0.25) is 0 Å². The average Bonchev–Trinajstić information content (AvgIpc) is 3.15. The molecule has 0 aliphatic carbocycles. The highest BCUT2D eigenvalue weighted by molar-refractivity contribution is 8.19. The van der Waals surface area contributed by atoms with Crippen LogP contribution in [0.2, 0.25) is 0 Å². The Hall–Kier alpha value is -1.91. The van der Waals surface area contributed by atoms with Crippen LogP contribution in [-0.2, 0) is 10.0 Å². The number of sulfonamides is 1. The number of hydrogen-bond acceptors (Lipinski definition) is 7. The average molecular weight is 413 g/mol. The number of methoxy groups -OCH3 is 1. The van der Waals surface area contributed by atoms with Crippen LogP contribution in [0.25, 0.3) is 0 Å². The molecule has 2 aromatic carbocycles. The van der Waals surface area contributed by atoms with Gasteiger partial charge in [-0.2, -0.15) is 0 Å². The van der Waals surface area contributed by atoms with Crippen LogP contribution in [0.1, 0.15) is 10.1 Å². The third kappa shape index (κ3) is 4.08. The Morgan fingerprint density at radius 2 is 1.92 bits per heavy atom. The Morgan fingerprint density at radius 1 is 1.19 bits per heavy atom. The number of hydrogen-bond donors (Lipinski definition) is 1. The van der Waals surface area contributed by atoms with Gasteiger partial charge in [0.15, 0.2) is 0 Å². The third-order valence-electron chi connectivity index (χ3n) is 3.68. The van der Waals surface area contributed by atoms with Crippen LogP contribution >= 0.6 is 23.5 Å². The van der Waals surface area contributed by atoms with Crippen molar-refractivity contribution in [2.75, 3.05) is 23.3 Å². The number of ether oxygens (including phenoxy) is 1. The minimum Gasteiger partial charge on any atom is -0.495 e. The van der Waals surface area contributed by atoms with E-state index >= 15 is 0 Å². The highest BCUT2D eigenvalue weighted by Gasteiger charge is 2.23. The van der Waals surface area contributed by atoms with Crippen molar-refractivity contribution in [2.45, 2.75) is 9.48 Å². The number of nitro benzene ring substituents is 1. The van der Waals surface area contributed by atoms with Gasteiger partial charge in [0.25, 0.3) is 15.7 Å². The van der Waals surface area contributed by atoms with E-state index in [-0.39, 0.29) is 16.3 Å². The van der Waals surface area contributed by atoms with E-state index in [1.165, 1.54) is 13.2 Å². The number of nitrogens with one attached hydrogen (secondary N) is 1. The minimum atomic E-state index is -3.95. The van der Waals surface area contributed by atoms with Gasteiger partial charge in [-0.15, -0.1) is 23.5 Å². The maximum Gasteiger partial charge on any atom is 0.273 e. The third-order valence-corrected chi connectivity index (χ3v) is 8.21. The van der Waals surface area contributed by atoms with Gasteiger partial charge in [-0.25, -0.2) is 8.42 Å². The summed E-state index contributed by atoms with van der Waals surface area (Å²) in [6, 6.07) is 10.7. The van der Waals surface area contributed by atoms with Crippen molar-refractivity contribution < 1.29 is 18.1 Å². The van der Waals surface area contributed by atoms with E-state index in [9.17, 15) is 18.5 Å². The molecule has 0 saturated carbocycles. The van der Waals surface area contributed by atoms with Gasteiger partial charge in [-0.1, -0.05) is 12.1 Å². The van der Waals surface area contributed by atoms with Crippen molar-refractivity contribution in [3.63, 3.8) is 0 Å². The summed E-state index contributed by atoms with van der Waals surface area (Å²) in [4.78, 5) is 10.1. The lowest BCUT2D eigenvalue weighted by Crippen LogP contribution is -2.14. The Balaban J connectivity index is 1.89. The summed E-state index contributed by atoms with van der Waals surface area (Å²) in [5.41, 5.74) is 1.25. The van der Waals surface area contributed by atoms with Crippen molar-refractivity contribution in [2.24, 2.45) is 0 Å². The summed E-state index contributed by atoms with van der Waals surface area (Å²) >= 11 is 3.66. The second-order valence-corrected chi connectivity index (χ2v) is 9.77. The summed E-state index contributed by atoms with van der Waals surface area (Å²) < 4.78 is 33.3. The van der Waals surface area contributed by atoms with Crippen LogP contribution in [0.4, 0.5) is 11.4 Å². The zero-order valence-corrected chi connectivity index (χ0v) is 16.2. The maximum atomic E-state index is 12.7. The molecule has 1 aliphatic rings. The number of nitrogens with zero attached hydrogens (tertiary/aromatic N) is 1. The first-order chi connectivity index (χ1) is 12.4. The number of non-ortho nitro benzene ring substituents is 1. The standard InChI is InChI=1S/C16H16N2O5S3/c1-23-14-10-13(18(19)20)5-6-15(14)26(21,22)17-12-4-2-3-11(9-12)16-24-7-8-25-16/h2-6,9-10,16-17H,7-8H2,1H3. The fraction of sp³-hybridized carbons (Fsp3) is 0.250. The molecule has 0 radical (unpaired) electrons. The van der Waals surface area contributed by atoms with Crippen LogP contribution in [0.15, 0.2) is 47.4 Å². The highest BCUT2D eigenvalue weighted by atomic mass is 32.2. The summed E-state index contributed by atoms with van der Waals surface area (Å²) in [6.45, 7) is 0. The van der Waals surface area contributed by atoms with Crippen molar-refractivity contribution >= 4 is 44.9 Å². The molecule has 1 N–H and O–H groups in total. The molecule has 0 bridgehead atoms. The van der Waals surface area contributed by atoms with Gasteiger partial charge >= 0.3 is 0 Å². The molecule has 0 spiro atoms. The van der Waals surface area contributed by atoms with Crippen LogP contribution in [0.5, 0.6) is 5.75 Å². The fourth-order valence-electron chi connectivity index (χ4n) is 2.50. The molecule has 2 aromatic rings. The van der Waals surface area contributed by atoms with Gasteiger partial charge in [-0.05, 0) is 23.8 Å². The first-order valence-electron chi connectivity index (χ1n) is 7.59. The zero-order valence-electron chi connectivity index (χ0n) is 13.7. The number of anilines is 1. The molecule has 3 rings (SSSR count). The topological polar surface area (TPSA) is 98.5 Å². The van der Waals surface area contributed by atoms with E-state index in [1.54, 1.807) is 12.1 Å².